The highest BCUT2D eigenvalue weighted by Crippen LogP contribution is 2.36. The van der Waals surface area contributed by atoms with Crippen LogP contribution in [0, 0.1) is 5.82 Å². The van der Waals surface area contributed by atoms with Crippen LogP contribution < -0.4 is 4.74 Å². The van der Waals surface area contributed by atoms with Crippen molar-refractivity contribution in [1.82, 2.24) is 4.57 Å². The smallest absolute Gasteiger partial charge is 0.355 e. The standard InChI is InChI=1S/C21H18FNO4/c1-23-9-5-8-18(23)20(24)25-12-15-10-17(22)11-16-13-26-21(27-19(15)16)14-6-3-2-4-7-14/h2-11,21H,12-13H2,1H3/t21-/m1/s1. The van der Waals surface area contributed by atoms with Crippen LogP contribution in [0.2, 0.25) is 0 Å². The van der Waals surface area contributed by atoms with E-state index in [0.29, 0.717) is 22.6 Å². The molecule has 0 bridgehead atoms. The molecule has 1 atom stereocenters. The second-order valence-electron chi connectivity index (χ2n) is 6.31. The lowest BCUT2D eigenvalue weighted by Gasteiger charge is -2.28. The average Bonchev–Trinajstić information content (AvgIpc) is 3.12. The van der Waals surface area contributed by atoms with Crippen LogP contribution in [0.5, 0.6) is 5.75 Å². The summed E-state index contributed by atoms with van der Waals surface area (Å²) in [6.45, 7) is 0.122. The molecule has 0 saturated carbocycles. The largest absolute Gasteiger partial charge is 0.460 e. The Morgan fingerprint density at radius 1 is 1.22 bits per heavy atom. The fraction of sp³-hybridized carbons (Fsp3) is 0.190. The predicted molar refractivity (Wildman–Crippen MR) is 95.5 cm³/mol. The first-order valence-electron chi connectivity index (χ1n) is 8.55. The molecule has 1 aromatic heterocycles. The molecule has 4 rings (SSSR count). The summed E-state index contributed by atoms with van der Waals surface area (Å²) in [5, 5.41) is 0. The molecule has 3 aromatic rings. The zero-order valence-electron chi connectivity index (χ0n) is 14.7. The quantitative estimate of drug-likeness (QED) is 0.651. The molecule has 27 heavy (non-hydrogen) atoms. The highest BCUT2D eigenvalue weighted by Gasteiger charge is 2.25. The predicted octanol–water partition coefficient (Wildman–Crippen LogP) is 4.13. The van der Waals surface area contributed by atoms with Gasteiger partial charge in [0.25, 0.3) is 0 Å². The maximum atomic E-state index is 14.0. The van der Waals surface area contributed by atoms with Crippen molar-refractivity contribution >= 4 is 5.97 Å². The highest BCUT2D eigenvalue weighted by molar-refractivity contribution is 5.87. The maximum Gasteiger partial charge on any atom is 0.355 e. The van der Waals surface area contributed by atoms with Crippen LogP contribution in [-0.2, 0) is 29.7 Å². The van der Waals surface area contributed by atoms with E-state index in [1.54, 1.807) is 29.9 Å². The van der Waals surface area contributed by atoms with Crippen molar-refractivity contribution in [3.8, 4) is 5.75 Å². The zero-order valence-corrected chi connectivity index (χ0v) is 14.7. The number of aryl methyl sites for hydroxylation is 1. The second-order valence-corrected chi connectivity index (χ2v) is 6.31. The molecule has 0 aliphatic carbocycles. The normalized spacial score (nSPS) is 15.7. The van der Waals surface area contributed by atoms with Crippen LogP contribution in [0.15, 0.2) is 60.8 Å². The number of rotatable bonds is 4. The van der Waals surface area contributed by atoms with Crippen molar-refractivity contribution in [2.75, 3.05) is 0 Å². The number of esters is 1. The van der Waals surface area contributed by atoms with E-state index in [2.05, 4.69) is 0 Å². The van der Waals surface area contributed by atoms with Gasteiger partial charge in [0.05, 0.1) is 6.61 Å². The average molecular weight is 367 g/mol. The van der Waals surface area contributed by atoms with Gasteiger partial charge >= 0.3 is 5.97 Å². The van der Waals surface area contributed by atoms with Gasteiger partial charge in [-0.05, 0) is 24.3 Å². The molecule has 0 radical (unpaired) electrons. The van der Waals surface area contributed by atoms with E-state index in [9.17, 15) is 9.18 Å². The number of hydrogen-bond acceptors (Lipinski definition) is 4. The van der Waals surface area contributed by atoms with Gasteiger partial charge in [-0.15, -0.1) is 0 Å². The lowest BCUT2D eigenvalue weighted by atomic mass is 10.1. The molecule has 5 nitrogen and oxygen atoms in total. The number of fused-ring (bicyclic) bond motifs is 1. The highest BCUT2D eigenvalue weighted by atomic mass is 19.1. The van der Waals surface area contributed by atoms with Crippen LogP contribution in [0.3, 0.4) is 0 Å². The van der Waals surface area contributed by atoms with Crippen molar-refractivity contribution in [3.63, 3.8) is 0 Å². The number of carbonyl (C=O) groups excluding carboxylic acids is 1. The number of hydrogen-bond donors (Lipinski definition) is 0. The third-order valence-corrected chi connectivity index (χ3v) is 4.41. The van der Waals surface area contributed by atoms with Crippen LogP contribution in [-0.4, -0.2) is 10.5 Å². The Hall–Kier alpha value is -3.12. The third kappa shape index (κ3) is 3.57. The van der Waals surface area contributed by atoms with Gasteiger partial charge < -0.3 is 18.8 Å². The van der Waals surface area contributed by atoms with Gasteiger partial charge in [0, 0.05) is 29.9 Å². The van der Waals surface area contributed by atoms with Crippen molar-refractivity contribution in [2.45, 2.75) is 19.5 Å². The Labute approximate surface area is 155 Å². The fourth-order valence-electron chi connectivity index (χ4n) is 3.05. The molecule has 6 heteroatoms. The zero-order chi connectivity index (χ0) is 18.8. The van der Waals surface area contributed by atoms with Gasteiger partial charge in [0.2, 0.25) is 6.29 Å². The lowest BCUT2D eigenvalue weighted by molar-refractivity contribution is -0.112. The Morgan fingerprint density at radius 3 is 2.78 bits per heavy atom. The molecule has 1 aliphatic heterocycles. The molecular weight excluding hydrogens is 349 g/mol. The number of ether oxygens (including phenoxy) is 3. The van der Waals surface area contributed by atoms with E-state index in [-0.39, 0.29) is 13.2 Å². The summed E-state index contributed by atoms with van der Waals surface area (Å²) < 4.78 is 32.7. The van der Waals surface area contributed by atoms with E-state index < -0.39 is 18.1 Å². The van der Waals surface area contributed by atoms with Crippen LogP contribution in [0.1, 0.15) is 33.5 Å². The SMILES string of the molecule is Cn1cccc1C(=O)OCc1cc(F)cc2c1O[C@H](c1ccccc1)OC2. The van der Waals surface area contributed by atoms with Crippen molar-refractivity contribution in [2.24, 2.45) is 7.05 Å². The summed E-state index contributed by atoms with van der Waals surface area (Å²) in [5.41, 5.74) is 2.34. The fourth-order valence-corrected chi connectivity index (χ4v) is 3.05. The summed E-state index contributed by atoms with van der Waals surface area (Å²) in [6, 6.07) is 15.6. The molecule has 138 valence electrons. The van der Waals surface area contributed by atoms with Gasteiger partial charge in [-0.2, -0.15) is 0 Å². The molecule has 2 heterocycles. The molecule has 2 aromatic carbocycles. The molecular formula is C21H18FNO4. The van der Waals surface area contributed by atoms with E-state index >= 15 is 0 Å². The number of aromatic nitrogens is 1. The first-order chi connectivity index (χ1) is 13.1. The third-order valence-electron chi connectivity index (χ3n) is 4.41. The number of carbonyl (C=O) groups is 1. The van der Waals surface area contributed by atoms with Crippen LogP contribution in [0.25, 0.3) is 0 Å². The molecule has 0 saturated heterocycles. The number of halogens is 1. The maximum absolute atomic E-state index is 14.0. The summed E-state index contributed by atoms with van der Waals surface area (Å²) in [6.07, 6.45) is 1.16. The number of benzene rings is 2. The first-order valence-corrected chi connectivity index (χ1v) is 8.55. The first kappa shape index (κ1) is 17.3. The van der Waals surface area contributed by atoms with Crippen LogP contribution >= 0.6 is 0 Å². The van der Waals surface area contributed by atoms with Crippen molar-refractivity contribution in [3.05, 3.63) is 89.0 Å². The Kier molecular flexibility index (Phi) is 4.64. The van der Waals surface area contributed by atoms with Crippen molar-refractivity contribution < 1.29 is 23.4 Å². The van der Waals surface area contributed by atoms with E-state index in [1.165, 1.54) is 12.1 Å². The van der Waals surface area contributed by atoms with Gasteiger partial charge in [0.1, 0.15) is 23.9 Å². The Morgan fingerprint density at radius 2 is 2.04 bits per heavy atom. The minimum Gasteiger partial charge on any atom is -0.460 e. The van der Waals surface area contributed by atoms with Gasteiger partial charge in [-0.1, -0.05) is 30.3 Å². The van der Waals surface area contributed by atoms with Crippen LogP contribution in [0.4, 0.5) is 4.39 Å². The van der Waals surface area contributed by atoms with E-state index in [0.717, 1.165) is 5.56 Å². The molecule has 0 spiro atoms. The Bertz CT molecular complexity index is 968. The summed E-state index contributed by atoms with van der Waals surface area (Å²) in [7, 11) is 1.76. The molecule has 0 fully saturated rings. The topological polar surface area (TPSA) is 49.7 Å². The molecule has 1 aliphatic rings. The monoisotopic (exact) mass is 367 g/mol. The van der Waals surface area contributed by atoms with E-state index in [1.807, 2.05) is 30.3 Å². The number of nitrogens with zero attached hydrogens (tertiary/aromatic N) is 1. The van der Waals surface area contributed by atoms with Gasteiger partial charge in [-0.3, -0.25) is 0 Å². The van der Waals surface area contributed by atoms with Crippen molar-refractivity contribution in [1.29, 1.82) is 0 Å². The molecule has 0 N–H and O–H groups in total. The minimum atomic E-state index is -0.591. The summed E-state index contributed by atoms with van der Waals surface area (Å²) in [4.78, 5) is 12.2. The van der Waals surface area contributed by atoms with E-state index in [4.69, 9.17) is 14.2 Å². The van der Waals surface area contributed by atoms with Gasteiger partial charge in [0.15, 0.2) is 0 Å². The molecule has 0 amide bonds. The lowest BCUT2D eigenvalue weighted by Crippen LogP contribution is -2.20. The minimum absolute atomic E-state index is 0.0917. The Balaban J connectivity index is 1.56. The molecule has 0 unspecified atom stereocenters. The summed E-state index contributed by atoms with van der Waals surface area (Å²) >= 11 is 0. The summed E-state index contributed by atoms with van der Waals surface area (Å²) in [5.74, 6) is -0.410. The second kappa shape index (κ2) is 7.25. The van der Waals surface area contributed by atoms with Gasteiger partial charge in [-0.25, -0.2) is 9.18 Å².